The van der Waals surface area contributed by atoms with E-state index in [0.717, 1.165) is 19.4 Å². The van der Waals surface area contributed by atoms with E-state index in [1.54, 1.807) is 4.90 Å². The molecule has 0 aromatic carbocycles. The van der Waals surface area contributed by atoms with Gasteiger partial charge in [-0.1, -0.05) is 6.92 Å². The van der Waals surface area contributed by atoms with Gasteiger partial charge in [-0.3, -0.25) is 0 Å². The lowest BCUT2D eigenvalue weighted by molar-refractivity contribution is -0.142. The van der Waals surface area contributed by atoms with Gasteiger partial charge in [0.25, 0.3) is 0 Å². The normalized spacial score (nSPS) is 22.4. The summed E-state index contributed by atoms with van der Waals surface area (Å²) in [5.41, 5.74) is 0. The standard InChI is InChI=1S/C14H27N3O3/c1-5-16(9-6-8-15(3)4)14(20)17-10-7-11(2)12(17)13(18)19/h11-12H,5-10H2,1-4H3,(H,18,19). The Hall–Kier alpha value is -1.30. The molecule has 0 spiro atoms. The van der Waals surface area contributed by atoms with Gasteiger partial charge in [0.05, 0.1) is 0 Å². The summed E-state index contributed by atoms with van der Waals surface area (Å²) in [7, 11) is 4.00. The first-order chi connectivity index (χ1) is 9.38. The molecule has 1 fully saturated rings. The van der Waals surface area contributed by atoms with Gasteiger partial charge < -0.3 is 19.8 Å². The molecule has 6 nitrogen and oxygen atoms in total. The summed E-state index contributed by atoms with van der Waals surface area (Å²) in [6, 6.07) is -0.812. The molecule has 0 radical (unpaired) electrons. The number of hydrogen-bond donors (Lipinski definition) is 1. The predicted molar refractivity (Wildman–Crippen MR) is 77.7 cm³/mol. The number of likely N-dealkylation sites (tertiary alicyclic amines) is 1. The molecule has 1 rings (SSSR count). The SMILES string of the molecule is CCN(CCCN(C)C)C(=O)N1CCC(C)C1C(=O)O. The van der Waals surface area contributed by atoms with E-state index >= 15 is 0 Å². The molecule has 1 heterocycles. The molecule has 0 aromatic rings. The van der Waals surface area contributed by atoms with Crippen molar-refractivity contribution in [1.82, 2.24) is 14.7 Å². The fourth-order valence-electron chi connectivity index (χ4n) is 2.69. The lowest BCUT2D eigenvalue weighted by Gasteiger charge is -2.30. The van der Waals surface area contributed by atoms with Gasteiger partial charge in [-0.15, -0.1) is 0 Å². The van der Waals surface area contributed by atoms with Gasteiger partial charge in [-0.2, -0.15) is 0 Å². The van der Waals surface area contributed by atoms with E-state index in [-0.39, 0.29) is 11.9 Å². The highest BCUT2D eigenvalue weighted by Crippen LogP contribution is 2.25. The summed E-state index contributed by atoms with van der Waals surface area (Å²) in [4.78, 5) is 29.2. The number of aliphatic carboxylic acids is 1. The van der Waals surface area contributed by atoms with Gasteiger partial charge in [0.1, 0.15) is 6.04 Å². The van der Waals surface area contributed by atoms with Gasteiger partial charge in [-0.25, -0.2) is 9.59 Å². The molecule has 6 heteroatoms. The Morgan fingerprint density at radius 1 is 1.30 bits per heavy atom. The van der Waals surface area contributed by atoms with E-state index in [4.69, 9.17) is 0 Å². The molecular formula is C14H27N3O3. The van der Waals surface area contributed by atoms with E-state index in [9.17, 15) is 14.7 Å². The van der Waals surface area contributed by atoms with E-state index in [1.807, 2.05) is 27.9 Å². The fraction of sp³-hybridized carbons (Fsp3) is 0.857. The summed E-state index contributed by atoms with van der Waals surface area (Å²) >= 11 is 0. The average molecular weight is 285 g/mol. The number of rotatable bonds is 6. The topological polar surface area (TPSA) is 64.1 Å². The third-order valence-corrected chi connectivity index (χ3v) is 3.88. The van der Waals surface area contributed by atoms with Gasteiger partial charge in [0.2, 0.25) is 0 Å². The van der Waals surface area contributed by atoms with Crippen molar-refractivity contribution in [2.24, 2.45) is 5.92 Å². The zero-order valence-corrected chi connectivity index (χ0v) is 13.0. The van der Waals surface area contributed by atoms with Gasteiger partial charge in [0.15, 0.2) is 0 Å². The maximum atomic E-state index is 12.5. The maximum absolute atomic E-state index is 12.5. The van der Waals surface area contributed by atoms with Crippen LogP contribution in [-0.2, 0) is 4.79 Å². The van der Waals surface area contributed by atoms with Crippen LogP contribution >= 0.6 is 0 Å². The van der Waals surface area contributed by atoms with Crippen LogP contribution in [0.25, 0.3) is 0 Å². The van der Waals surface area contributed by atoms with Crippen LogP contribution in [-0.4, -0.2) is 78.1 Å². The summed E-state index contributed by atoms with van der Waals surface area (Å²) in [5.74, 6) is -0.871. The predicted octanol–water partition coefficient (Wildman–Crippen LogP) is 1.17. The van der Waals surface area contributed by atoms with Crippen LogP contribution in [0, 0.1) is 5.92 Å². The highest BCUT2D eigenvalue weighted by Gasteiger charge is 2.40. The summed E-state index contributed by atoms with van der Waals surface area (Å²) in [6.45, 7) is 6.58. The van der Waals surface area contributed by atoms with Crippen molar-refractivity contribution in [2.45, 2.75) is 32.7 Å². The smallest absolute Gasteiger partial charge is 0.326 e. The van der Waals surface area contributed by atoms with Crippen LogP contribution in [0.2, 0.25) is 0 Å². The molecule has 0 saturated carbocycles. The number of carboxylic acid groups (broad SMARTS) is 1. The zero-order valence-electron chi connectivity index (χ0n) is 13.0. The van der Waals surface area contributed by atoms with E-state index in [2.05, 4.69) is 4.90 Å². The first-order valence-electron chi connectivity index (χ1n) is 7.31. The second kappa shape index (κ2) is 7.47. The Kier molecular flexibility index (Phi) is 6.26. The van der Waals surface area contributed by atoms with Gasteiger partial charge >= 0.3 is 12.0 Å². The van der Waals surface area contributed by atoms with Crippen LogP contribution < -0.4 is 0 Å². The number of amides is 2. The molecule has 1 aliphatic rings. The second-order valence-electron chi connectivity index (χ2n) is 5.76. The number of carbonyl (C=O) groups excluding carboxylic acids is 1. The third kappa shape index (κ3) is 4.10. The van der Waals surface area contributed by atoms with E-state index in [1.165, 1.54) is 4.90 Å². The molecule has 1 N–H and O–H groups in total. The zero-order chi connectivity index (χ0) is 15.3. The molecule has 2 atom stereocenters. The highest BCUT2D eigenvalue weighted by molar-refractivity contribution is 5.83. The van der Waals surface area contributed by atoms with Crippen molar-refractivity contribution >= 4 is 12.0 Å². The number of urea groups is 1. The van der Waals surface area contributed by atoms with Crippen molar-refractivity contribution in [1.29, 1.82) is 0 Å². The van der Waals surface area contributed by atoms with Crippen LogP contribution in [0.5, 0.6) is 0 Å². The fourth-order valence-corrected chi connectivity index (χ4v) is 2.69. The van der Waals surface area contributed by atoms with Crippen molar-refractivity contribution < 1.29 is 14.7 Å². The number of carboxylic acids is 1. The highest BCUT2D eigenvalue weighted by atomic mass is 16.4. The lowest BCUT2D eigenvalue weighted by Crippen LogP contribution is -2.49. The first-order valence-corrected chi connectivity index (χ1v) is 7.31. The van der Waals surface area contributed by atoms with Crippen LogP contribution in [0.3, 0.4) is 0 Å². The monoisotopic (exact) mass is 285 g/mol. The van der Waals surface area contributed by atoms with Crippen LogP contribution in [0.4, 0.5) is 4.79 Å². The molecule has 1 aliphatic heterocycles. The van der Waals surface area contributed by atoms with Crippen molar-refractivity contribution in [2.75, 3.05) is 40.3 Å². The number of carbonyl (C=O) groups is 2. The largest absolute Gasteiger partial charge is 0.480 e. The first kappa shape index (κ1) is 16.8. The van der Waals surface area contributed by atoms with Crippen molar-refractivity contribution in [3.63, 3.8) is 0 Å². The molecule has 0 bridgehead atoms. The van der Waals surface area contributed by atoms with Crippen LogP contribution in [0.15, 0.2) is 0 Å². The van der Waals surface area contributed by atoms with Crippen LogP contribution in [0.1, 0.15) is 26.7 Å². The van der Waals surface area contributed by atoms with Crippen molar-refractivity contribution in [3.8, 4) is 0 Å². The molecule has 2 unspecified atom stereocenters. The molecule has 0 aromatic heterocycles. The Morgan fingerprint density at radius 2 is 1.95 bits per heavy atom. The molecule has 20 heavy (non-hydrogen) atoms. The third-order valence-electron chi connectivity index (χ3n) is 3.88. The Bertz CT molecular complexity index is 347. The Balaban J connectivity index is 2.63. The summed E-state index contributed by atoms with van der Waals surface area (Å²) in [5, 5.41) is 9.29. The van der Waals surface area contributed by atoms with Crippen molar-refractivity contribution in [3.05, 3.63) is 0 Å². The molecule has 0 aliphatic carbocycles. The quantitative estimate of drug-likeness (QED) is 0.796. The second-order valence-corrected chi connectivity index (χ2v) is 5.76. The lowest BCUT2D eigenvalue weighted by atomic mass is 10.0. The minimum Gasteiger partial charge on any atom is -0.480 e. The van der Waals surface area contributed by atoms with E-state index in [0.29, 0.717) is 19.6 Å². The average Bonchev–Trinajstić information content (AvgIpc) is 2.75. The summed E-state index contributed by atoms with van der Waals surface area (Å²) < 4.78 is 0. The minimum absolute atomic E-state index is 0.0249. The number of hydrogen-bond acceptors (Lipinski definition) is 3. The van der Waals surface area contributed by atoms with Gasteiger partial charge in [0, 0.05) is 19.6 Å². The number of nitrogens with zero attached hydrogens (tertiary/aromatic N) is 3. The Labute approximate surface area is 121 Å². The minimum atomic E-state index is -0.896. The Morgan fingerprint density at radius 3 is 2.45 bits per heavy atom. The van der Waals surface area contributed by atoms with E-state index < -0.39 is 12.0 Å². The molecule has 1 saturated heterocycles. The van der Waals surface area contributed by atoms with Gasteiger partial charge in [-0.05, 0) is 46.3 Å². The molecule has 116 valence electrons. The molecular weight excluding hydrogens is 258 g/mol. The molecule has 2 amide bonds. The summed E-state index contributed by atoms with van der Waals surface area (Å²) in [6.07, 6.45) is 1.66. The maximum Gasteiger partial charge on any atom is 0.326 e.